The molecule has 0 saturated carbocycles. The average molecular weight is 585 g/mol. The molecule has 2 N–H and O–H groups in total. The van der Waals surface area contributed by atoms with E-state index in [1.54, 1.807) is 0 Å². The molecule has 0 saturated heterocycles. The summed E-state index contributed by atoms with van der Waals surface area (Å²) in [6.45, 7) is -1.80. The van der Waals surface area contributed by atoms with Gasteiger partial charge in [0.15, 0.2) is 17.2 Å². The quantitative estimate of drug-likeness (QED) is 0.285. The highest BCUT2D eigenvalue weighted by atomic mass is 35.5. The fourth-order valence-electron chi connectivity index (χ4n) is 4.57. The van der Waals surface area contributed by atoms with Gasteiger partial charge in [-0.25, -0.2) is 13.8 Å². The number of rotatable bonds is 8. The van der Waals surface area contributed by atoms with Gasteiger partial charge in [0.25, 0.3) is 5.56 Å². The van der Waals surface area contributed by atoms with Crippen LogP contribution in [0.2, 0.25) is 5.02 Å². The average Bonchev–Trinajstić information content (AvgIpc) is 2.92. The van der Waals surface area contributed by atoms with Crippen LogP contribution in [-0.2, 0) is 6.42 Å². The fourth-order valence-corrected chi connectivity index (χ4v) is 4.86. The second-order valence-corrected chi connectivity index (χ2v) is 9.26. The Morgan fingerprint density at radius 2 is 1.77 bits per heavy atom. The van der Waals surface area contributed by atoms with Crippen LogP contribution in [0, 0.1) is 11.6 Å². The monoisotopic (exact) mass is 584 g/mol. The van der Waals surface area contributed by atoms with Gasteiger partial charge in [-0.05, 0) is 47.9 Å². The van der Waals surface area contributed by atoms with Crippen molar-refractivity contribution in [2.45, 2.75) is 24.1 Å². The molecule has 2 atom stereocenters. The molecule has 2 aromatic heterocycles. The van der Waals surface area contributed by atoms with E-state index in [9.17, 15) is 37.0 Å². The first-order valence-corrected chi connectivity index (χ1v) is 12.0. The van der Waals surface area contributed by atoms with Crippen molar-refractivity contribution in [3.05, 3.63) is 92.9 Å². The number of hydrogen-bond donors (Lipinski definition) is 2. The number of aliphatic hydroxyl groups excluding tert-OH is 1. The molecule has 2 aromatic carbocycles. The zero-order valence-corrected chi connectivity index (χ0v) is 21.7. The van der Waals surface area contributed by atoms with Crippen LogP contribution in [0.15, 0.2) is 59.5 Å². The SMILES string of the molecule is COc1ccc(-n2c(=O)ccc3c(CC(c4ccc(OC)c(F)c4Cl)C(O)(CO)C(F)(F)F)cc(F)cc32)cn1. The van der Waals surface area contributed by atoms with E-state index in [1.165, 1.54) is 31.5 Å². The van der Waals surface area contributed by atoms with Crippen LogP contribution in [0.25, 0.3) is 16.6 Å². The Morgan fingerprint density at radius 1 is 1.05 bits per heavy atom. The van der Waals surface area contributed by atoms with Gasteiger partial charge < -0.3 is 19.7 Å². The van der Waals surface area contributed by atoms with Crippen LogP contribution in [0.1, 0.15) is 17.0 Å². The Labute approximate surface area is 229 Å². The Morgan fingerprint density at radius 3 is 2.35 bits per heavy atom. The summed E-state index contributed by atoms with van der Waals surface area (Å²) in [4.78, 5) is 16.9. The minimum absolute atomic E-state index is 0.0141. The van der Waals surface area contributed by atoms with Gasteiger partial charge in [-0.15, -0.1) is 0 Å². The van der Waals surface area contributed by atoms with Crippen molar-refractivity contribution in [1.29, 1.82) is 0 Å². The number of benzene rings is 2. The summed E-state index contributed by atoms with van der Waals surface area (Å²) < 4.78 is 83.3. The lowest BCUT2D eigenvalue weighted by Gasteiger charge is -2.37. The van der Waals surface area contributed by atoms with E-state index >= 15 is 0 Å². The van der Waals surface area contributed by atoms with Crippen molar-refractivity contribution in [3.63, 3.8) is 0 Å². The molecule has 0 aliphatic rings. The number of methoxy groups -OCH3 is 2. The van der Waals surface area contributed by atoms with Gasteiger partial charge in [0, 0.05) is 23.4 Å². The van der Waals surface area contributed by atoms with Crippen LogP contribution in [0.5, 0.6) is 11.6 Å². The molecule has 7 nitrogen and oxygen atoms in total. The van der Waals surface area contributed by atoms with Crippen molar-refractivity contribution < 1.29 is 41.6 Å². The van der Waals surface area contributed by atoms with Gasteiger partial charge in [0.2, 0.25) is 5.88 Å². The minimum atomic E-state index is -5.41. The van der Waals surface area contributed by atoms with Crippen LogP contribution in [-0.4, -0.2) is 52.4 Å². The number of fused-ring (bicyclic) bond motifs is 1. The lowest BCUT2D eigenvalue weighted by Crippen LogP contribution is -2.54. The van der Waals surface area contributed by atoms with Crippen molar-refractivity contribution >= 4 is 22.5 Å². The standard InChI is InChI=1S/C27H22ClF5N2O5/c1-39-21-6-4-18(24(28)25(21)30)19(26(38,13-36)27(31,32)33)10-14-9-15(29)11-20-17(14)5-8-23(37)35(20)16-3-7-22(40-2)34-12-16/h3-9,11-12,19,36,38H,10,13H2,1-2H3. The maximum absolute atomic E-state index is 15.0. The Bertz CT molecular complexity index is 1610. The number of aromatic nitrogens is 2. The predicted molar refractivity (Wildman–Crippen MR) is 136 cm³/mol. The molecule has 0 bridgehead atoms. The molecule has 2 unspecified atom stereocenters. The van der Waals surface area contributed by atoms with Crippen LogP contribution in [0.3, 0.4) is 0 Å². The maximum atomic E-state index is 15.0. The van der Waals surface area contributed by atoms with Crippen LogP contribution >= 0.6 is 11.6 Å². The van der Waals surface area contributed by atoms with E-state index in [4.69, 9.17) is 21.1 Å². The van der Waals surface area contributed by atoms with E-state index in [0.29, 0.717) is 0 Å². The largest absolute Gasteiger partial charge is 0.494 e. The second kappa shape index (κ2) is 11.0. The zero-order chi connectivity index (χ0) is 29.4. The van der Waals surface area contributed by atoms with E-state index < -0.39 is 58.5 Å². The number of halogens is 6. The molecule has 2 heterocycles. The van der Waals surface area contributed by atoms with Crippen molar-refractivity contribution in [1.82, 2.24) is 9.55 Å². The molecule has 0 aliphatic carbocycles. The molecule has 0 fully saturated rings. The summed E-state index contributed by atoms with van der Waals surface area (Å²) in [5.41, 5.74) is -4.79. The highest BCUT2D eigenvalue weighted by molar-refractivity contribution is 6.31. The number of hydrogen-bond acceptors (Lipinski definition) is 6. The zero-order valence-electron chi connectivity index (χ0n) is 21.0. The highest BCUT2D eigenvalue weighted by Crippen LogP contribution is 2.46. The maximum Gasteiger partial charge on any atom is 0.420 e. The van der Waals surface area contributed by atoms with Crippen molar-refractivity contribution in [2.24, 2.45) is 0 Å². The number of aliphatic hydroxyl groups is 2. The molecular weight excluding hydrogens is 563 g/mol. The lowest BCUT2D eigenvalue weighted by atomic mass is 9.77. The van der Waals surface area contributed by atoms with Crippen LogP contribution in [0.4, 0.5) is 22.0 Å². The highest BCUT2D eigenvalue weighted by Gasteiger charge is 2.59. The van der Waals surface area contributed by atoms with Gasteiger partial charge in [-0.2, -0.15) is 13.2 Å². The van der Waals surface area contributed by atoms with Crippen molar-refractivity contribution in [3.8, 4) is 17.3 Å². The minimum Gasteiger partial charge on any atom is -0.494 e. The Kier molecular flexibility index (Phi) is 8.06. The molecule has 0 spiro atoms. The summed E-state index contributed by atoms with van der Waals surface area (Å²) in [6.07, 6.45) is -4.89. The molecule has 40 heavy (non-hydrogen) atoms. The normalized spacial score (nSPS) is 14.2. The number of nitrogens with zero attached hydrogens (tertiary/aromatic N) is 2. The molecule has 4 rings (SSSR count). The van der Waals surface area contributed by atoms with E-state index in [0.717, 1.165) is 42.0 Å². The summed E-state index contributed by atoms with van der Waals surface area (Å²) in [6, 6.07) is 9.36. The molecule has 4 aromatic rings. The molecule has 0 aliphatic heterocycles. The Balaban J connectivity index is 1.97. The smallest absolute Gasteiger partial charge is 0.420 e. The van der Waals surface area contributed by atoms with Crippen LogP contribution < -0.4 is 15.0 Å². The van der Waals surface area contributed by atoms with Gasteiger partial charge in [-0.1, -0.05) is 17.7 Å². The molecule has 212 valence electrons. The third-order valence-electron chi connectivity index (χ3n) is 6.66. The first-order valence-electron chi connectivity index (χ1n) is 11.6. The van der Waals surface area contributed by atoms with E-state index in [1.807, 2.05) is 0 Å². The van der Waals surface area contributed by atoms with Gasteiger partial charge in [-0.3, -0.25) is 9.36 Å². The number of alkyl halides is 3. The summed E-state index contributed by atoms with van der Waals surface area (Å²) in [5.74, 6) is -4.32. The summed E-state index contributed by atoms with van der Waals surface area (Å²) >= 11 is 6.10. The lowest BCUT2D eigenvalue weighted by molar-refractivity contribution is -0.279. The molecular formula is C27H22ClF5N2O5. The topological polar surface area (TPSA) is 93.8 Å². The van der Waals surface area contributed by atoms with E-state index in [2.05, 4.69) is 4.98 Å². The first kappa shape index (κ1) is 29.2. The molecule has 0 radical (unpaired) electrons. The van der Waals surface area contributed by atoms with Gasteiger partial charge in [0.05, 0.1) is 43.3 Å². The molecule has 13 heteroatoms. The van der Waals surface area contributed by atoms with Gasteiger partial charge >= 0.3 is 6.18 Å². The summed E-state index contributed by atoms with van der Waals surface area (Å²) in [5, 5.41) is 19.9. The second-order valence-electron chi connectivity index (χ2n) is 8.89. The van der Waals surface area contributed by atoms with Crippen molar-refractivity contribution in [2.75, 3.05) is 20.8 Å². The third-order valence-corrected chi connectivity index (χ3v) is 7.04. The number of pyridine rings is 2. The van der Waals surface area contributed by atoms with Gasteiger partial charge in [0.1, 0.15) is 5.82 Å². The third kappa shape index (κ3) is 5.09. The summed E-state index contributed by atoms with van der Waals surface area (Å²) in [7, 11) is 2.52. The molecule has 0 amide bonds. The van der Waals surface area contributed by atoms with E-state index in [-0.39, 0.29) is 33.8 Å². The Hall–Kier alpha value is -3.74. The predicted octanol–water partition coefficient (Wildman–Crippen LogP) is 4.95. The number of ether oxygens (including phenoxy) is 2. The first-order chi connectivity index (χ1) is 18.9. The fraction of sp³-hybridized carbons (Fsp3) is 0.259.